The Labute approximate surface area is 113 Å². The van der Waals surface area contributed by atoms with E-state index in [0.29, 0.717) is 5.92 Å². The summed E-state index contributed by atoms with van der Waals surface area (Å²) < 4.78 is 12.3. The topological polar surface area (TPSA) is 43.1 Å². The van der Waals surface area contributed by atoms with Crippen LogP contribution in [0.3, 0.4) is 0 Å². The fourth-order valence-corrected chi connectivity index (χ4v) is 3.86. The zero-order chi connectivity index (χ0) is 13.5. The van der Waals surface area contributed by atoms with Crippen molar-refractivity contribution in [3.05, 3.63) is 35.9 Å². The van der Waals surface area contributed by atoms with E-state index >= 15 is 0 Å². The average molecular weight is 267 g/mol. The maximum absolute atomic E-state index is 12.3. The van der Waals surface area contributed by atoms with Crippen LogP contribution in [0.4, 0.5) is 0 Å². The van der Waals surface area contributed by atoms with Crippen LogP contribution in [0.15, 0.2) is 30.3 Å². The van der Waals surface area contributed by atoms with E-state index in [2.05, 4.69) is 20.8 Å². The van der Waals surface area contributed by atoms with Gasteiger partial charge in [-0.05, 0) is 24.3 Å². The zero-order valence-electron chi connectivity index (χ0n) is 11.6. The standard InChI is InChI=1S/C15H25NOS/c1-4-14(18(17)11-10-12(2)3)15(16)13-8-6-5-7-9-13/h5-9,12,14-15H,4,10-11,16H2,1-3H3. The molecule has 1 aromatic rings. The molecule has 0 amide bonds. The maximum Gasteiger partial charge on any atom is 0.0538 e. The van der Waals surface area contributed by atoms with E-state index in [0.717, 1.165) is 24.2 Å². The first-order chi connectivity index (χ1) is 8.56. The number of benzene rings is 1. The molecule has 1 rings (SSSR count). The molecule has 0 aliphatic rings. The normalized spacial score (nSPS) is 16.5. The molecular weight excluding hydrogens is 242 g/mol. The van der Waals surface area contributed by atoms with E-state index in [1.165, 1.54) is 0 Å². The molecule has 0 aliphatic carbocycles. The number of hydrogen-bond donors (Lipinski definition) is 1. The number of hydrogen-bond acceptors (Lipinski definition) is 2. The van der Waals surface area contributed by atoms with E-state index in [1.807, 2.05) is 30.3 Å². The van der Waals surface area contributed by atoms with Gasteiger partial charge in [0.25, 0.3) is 0 Å². The third kappa shape index (κ3) is 4.54. The second-order valence-electron chi connectivity index (χ2n) is 5.15. The molecule has 0 saturated carbocycles. The first-order valence-electron chi connectivity index (χ1n) is 6.74. The first kappa shape index (κ1) is 15.4. The van der Waals surface area contributed by atoms with Crippen LogP contribution >= 0.6 is 0 Å². The Hall–Kier alpha value is -0.670. The van der Waals surface area contributed by atoms with Gasteiger partial charge in [-0.15, -0.1) is 0 Å². The lowest BCUT2D eigenvalue weighted by molar-refractivity contribution is 0.591. The lowest BCUT2D eigenvalue weighted by Crippen LogP contribution is -2.31. The molecule has 0 saturated heterocycles. The molecule has 102 valence electrons. The molecule has 3 unspecified atom stereocenters. The van der Waals surface area contributed by atoms with Crippen molar-refractivity contribution in [3.63, 3.8) is 0 Å². The largest absolute Gasteiger partial charge is 0.323 e. The minimum absolute atomic E-state index is 0.0612. The first-order valence-corrected chi connectivity index (χ1v) is 8.12. The van der Waals surface area contributed by atoms with Crippen LogP contribution in [0.1, 0.15) is 45.2 Å². The van der Waals surface area contributed by atoms with Gasteiger partial charge in [-0.3, -0.25) is 4.21 Å². The van der Waals surface area contributed by atoms with Gasteiger partial charge in [-0.1, -0.05) is 51.1 Å². The average Bonchev–Trinajstić information content (AvgIpc) is 2.38. The number of nitrogens with two attached hydrogens (primary N) is 1. The van der Waals surface area contributed by atoms with Gasteiger partial charge in [0.2, 0.25) is 0 Å². The van der Waals surface area contributed by atoms with Gasteiger partial charge in [0.1, 0.15) is 0 Å². The summed E-state index contributed by atoms with van der Waals surface area (Å²) in [5.74, 6) is 1.36. The fourth-order valence-electron chi connectivity index (χ4n) is 2.00. The van der Waals surface area contributed by atoms with E-state index < -0.39 is 10.8 Å². The maximum atomic E-state index is 12.3. The van der Waals surface area contributed by atoms with Crippen LogP contribution in [0, 0.1) is 5.92 Å². The Morgan fingerprint density at radius 2 is 1.83 bits per heavy atom. The highest BCUT2D eigenvalue weighted by molar-refractivity contribution is 7.85. The second kappa shape index (κ2) is 7.70. The number of rotatable bonds is 7. The summed E-state index contributed by atoms with van der Waals surface area (Å²) in [6, 6.07) is 9.87. The van der Waals surface area contributed by atoms with Crippen LogP contribution in [0.2, 0.25) is 0 Å². The molecule has 18 heavy (non-hydrogen) atoms. The highest BCUT2D eigenvalue weighted by atomic mass is 32.2. The molecule has 2 nitrogen and oxygen atoms in total. The van der Waals surface area contributed by atoms with Crippen molar-refractivity contribution in [1.82, 2.24) is 0 Å². The monoisotopic (exact) mass is 267 g/mol. The SMILES string of the molecule is CCC(C(N)c1ccccc1)S(=O)CCC(C)C. The van der Waals surface area contributed by atoms with Crippen LogP contribution in [0.25, 0.3) is 0 Å². The van der Waals surface area contributed by atoms with Gasteiger partial charge in [0.05, 0.1) is 5.25 Å². The third-order valence-corrected chi connectivity index (χ3v) is 5.16. The quantitative estimate of drug-likeness (QED) is 0.824. The molecule has 1 aromatic carbocycles. The minimum Gasteiger partial charge on any atom is -0.323 e. The molecule has 0 bridgehead atoms. The Balaban J connectivity index is 2.68. The Morgan fingerprint density at radius 1 is 1.22 bits per heavy atom. The summed E-state index contributed by atoms with van der Waals surface area (Å²) in [6.45, 7) is 6.39. The summed E-state index contributed by atoms with van der Waals surface area (Å²) in [5, 5.41) is 0.0612. The Bertz CT molecular complexity index is 364. The molecule has 0 fully saturated rings. The minimum atomic E-state index is -0.834. The molecule has 0 aromatic heterocycles. The lowest BCUT2D eigenvalue weighted by atomic mass is 10.0. The van der Waals surface area contributed by atoms with E-state index in [1.54, 1.807) is 0 Å². The summed E-state index contributed by atoms with van der Waals surface area (Å²) in [4.78, 5) is 0. The van der Waals surface area contributed by atoms with Crippen molar-refractivity contribution in [2.45, 2.75) is 44.9 Å². The third-order valence-electron chi connectivity index (χ3n) is 3.22. The molecule has 3 heteroatoms. The molecule has 2 N–H and O–H groups in total. The summed E-state index contributed by atoms with van der Waals surface area (Å²) >= 11 is 0. The fraction of sp³-hybridized carbons (Fsp3) is 0.600. The predicted molar refractivity (Wildman–Crippen MR) is 79.9 cm³/mol. The molecule has 0 aliphatic heterocycles. The van der Waals surface area contributed by atoms with Crippen molar-refractivity contribution in [3.8, 4) is 0 Å². The van der Waals surface area contributed by atoms with Gasteiger partial charge < -0.3 is 5.73 Å². The summed E-state index contributed by atoms with van der Waals surface area (Å²) in [5.41, 5.74) is 7.35. The van der Waals surface area contributed by atoms with Gasteiger partial charge in [-0.25, -0.2) is 0 Å². The van der Waals surface area contributed by atoms with Crippen molar-refractivity contribution in [2.24, 2.45) is 11.7 Å². The van der Waals surface area contributed by atoms with Crippen LogP contribution in [-0.4, -0.2) is 15.2 Å². The molecule has 3 atom stereocenters. The molecule has 0 radical (unpaired) electrons. The van der Waals surface area contributed by atoms with Gasteiger partial charge in [0.15, 0.2) is 0 Å². The smallest absolute Gasteiger partial charge is 0.0538 e. The van der Waals surface area contributed by atoms with E-state index in [9.17, 15) is 4.21 Å². The highest BCUT2D eigenvalue weighted by Crippen LogP contribution is 2.21. The van der Waals surface area contributed by atoms with Crippen molar-refractivity contribution in [1.29, 1.82) is 0 Å². The summed E-state index contributed by atoms with van der Waals surface area (Å²) in [6.07, 6.45) is 1.87. The van der Waals surface area contributed by atoms with Crippen molar-refractivity contribution >= 4 is 10.8 Å². The Morgan fingerprint density at radius 3 is 2.33 bits per heavy atom. The van der Waals surface area contributed by atoms with Gasteiger partial charge in [0, 0.05) is 22.6 Å². The van der Waals surface area contributed by atoms with Gasteiger partial charge >= 0.3 is 0 Å². The predicted octanol–water partition coefficient (Wildman–Crippen LogP) is 3.26. The van der Waals surface area contributed by atoms with Crippen LogP contribution in [0.5, 0.6) is 0 Å². The highest BCUT2D eigenvalue weighted by Gasteiger charge is 2.23. The lowest BCUT2D eigenvalue weighted by Gasteiger charge is -2.23. The second-order valence-corrected chi connectivity index (χ2v) is 6.93. The van der Waals surface area contributed by atoms with Crippen LogP contribution < -0.4 is 5.73 Å². The molecular formula is C15H25NOS. The zero-order valence-corrected chi connectivity index (χ0v) is 12.5. The van der Waals surface area contributed by atoms with Crippen molar-refractivity contribution in [2.75, 3.05) is 5.75 Å². The van der Waals surface area contributed by atoms with E-state index in [-0.39, 0.29) is 11.3 Å². The molecule has 0 heterocycles. The van der Waals surface area contributed by atoms with Crippen molar-refractivity contribution < 1.29 is 4.21 Å². The molecule has 0 spiro atoms. The van der Waals surface area contributed by atoms with Crippen LogP contribution in [-0.2, 0) is 10.8 Å². The summed E-state index contributed by atoms with van der Waals surface area (Å²) in [7, 11) is -0.834. The Kier molecular flexibility index (Phi) is 6.58. The van der Waals surface area contributed by atoms with E-state index in [4.69, 9.17) is 5.73 Å². The van der Waals surface area contributed by atoms with Gasteiger partial charge in [-0.2, -0.15) is 0 Å².